The molecule has 12 heteroatoms. The van der Waals surface area contributed by atoms with E-state index in [0.29, 0.717) is 5.89 Å². The van der Waals surface area contributed by atoms with Crippen molar-refractivity contribution in [1.82, 2.24) is 14.8 Å². The molecule has 1 atom stereocenters. The number of fused-ring (bicyclic) bond motifs is 1. The highest BCUT2D eigenvalue weighted by Crippen LogP contribution is 2.26. The van der Waals surface area contributed by atoms with Crippen molar-refractivity contribution in [3.8, 4) is 10.8 Å². The van der Waals surface area contributed by atoms with Gasteiger partial charge in [-0.2, -0.15) is 0 Å². The predicted octanol–water partition coefficient (Wildman–Crippen LogP) is 2.92. The van der Waals surface area contributed by atoms with Crippen molar-refractivity contribution < 1.29 is 23.3 Å². The highest BCUT2D eigenvalue weighted by molar-refractivity contribution is 7.13. The fraction of sp³-hybridized carbons (Fsp3) is 0.176. The highest BCUT2D eigenvalue weighted by atomic mass is 32.1. The zero-order chi connectivity index (χ0) is 20.5. The number of nitrogens with zero attached hydrogens (tertiary/aromatic N) is 4. The molecule has 3 heterocycles. The number of thiophene rings is 1. The Hall–Kier alpha value is -3.80. The number of ether oxygens (including phenoxy) is 1. The van der Waals surface area contributed by atoms with Crippen LogP contribution in [0.4, 0.5) is 5.69 Å². The SMILES string of the molecule is CC(OC(=O)Cn1c(=O)oc2cc([N+](=O)[O-])ccc21)c1nnc(-c2cccs2)o1. The standard InChI is InChI=1S/C17H12N4O7S/c1-9(15-18-19-16(28-15)13-3-2-6-29-13)26-14(22)8-20-11-5-4-10(21(24)25)7-12(11)27-17(20)23/h2-7,9H,8H2,1H3. The first-order valence-corrected chi connectivity index (χ1v) is 9.15. The molecule has 4 rings (SSSR count). The van der Waals surface area contributed by atoms with Crippen LogP contribution in [0.1, 0.15) is 18.9 Å². The molecule has 148 valence electrons. The maximum Gasteiger partial charge on any atom is 0.420 e. The van der Waals surface area contributed by atoms with Crippen LogP contribution in [-0.4, -0.2) is 25.7 Å². The van der Waals surface area contributed by atoms with E-state index in [1.54, 1.807) is 6.92 Å². The number of carbonyl (C=O) groups is 1. The van der Waals surface area contributed by atoms with Crippen molar-refractivity contribution in [3.63, 3.8) is 0 Å². The van der Waals surface area contributed by atoms with Crippen molar-refractivity contribution >= 4 is 34.1 Å². The Morgan fingerprint density at radius 2 is 2.17 bits per heavy atom. The molecule has 0 fully saturated rings. The second-order valence-electron chi connectivity index (χ2n) is 5.92. The number of hydrogen-bond donors (Lipinski definition) is 0. The number of nitro groups is 1. The van der Waals surface area contributed by atoms with Crippen LogP contribution in [0.15, 0.2) is 49.3 Å². The molecule has 0 spiro atoms. The molecule has 0 saturated carbocycles. The van der Waals surface area contributed by atoms with E-state index in [4.69, 9.17) is 13.6 Å². The molecule has 1 aromatic carbocycles. The molecule has 29 heavy (non-hydrogen) atoms. The van der Waals surface area contributed by atoms with Gasteiger partial charge in [-0.1, -0.05) is 6.07 Å². The maximum atomic E-state index is 12.3. The Kier molecular flexibility index (Phi) is 4.68. The summed E-state index contributed by atoms with van der Waals surface area (Å²) in [5.41, 5.74) is 0.0121. The molecule has 0 bridgehead atoms. The van der Waals surface area contributed by atoms with Gasteiger partial charge in [0.05, 0.1) is 21.4 Å². The first-order valence-electron chi connectivity index (χ1n) is 8.27. The number of esters is 1. The number of nitro benzene ring substituents is 1. The molecular weight excluding hydrogens is 404 g/mol. The van der Waals surface area contributed by atoms with Crippen LogP contribution >= 0.6 is 11.3 Å². The Bertz CT molecular complexity index is 1250. The van der Waals surface area contributed by atoms with Gasteiger partial charge in [0.15, 0.2) is 11.7 Å². The summed E-state index contributed by atoms with van der Waals surface area (Å²) in [7, 11) is 0. The summed E-state index contributed by atoms with van der Waals surface area (Å²) in [5, 5.41) is 20.5. The summed E-state index contributed by atoms with van der Waals surface area (Å²) in [6.07, 6.45) is -0.835. The monoisotopic (exact) mass is 416 g/mol. The van der Waals surface area contributed by atoms with E-state index in [9.17, 15) is 19.7 Å². The first-order chi connectivity index (χ1) is 13.9. The number of non-ortho nitro benzene ring substituents is 1. The summed E-state index contributed by atoms with van der Waals surface area (Å²) in [6.45, 7) is 1.11. The third-order valence-electron chi connectivity index (χ3n) is 3.98. The van der Waals surface area contributed by atoms with Gasteiger partial charge in [-0.25, -0.2) is 4.79 Å². The number of benzene rings is 1. The first kappa shape index (κ1) is 18.6. The predicted molar refractivity (Wildman–Crippen MR) is 99.2 cm³/mol. The van der Waals surface area contributed by atoms with Gasteiger partial charge in [0, 0.05) is 6.07 Å². The van der Waals surface area contributed by atoms with Crippen molar-refractivity contribution in [2.45, 2.75) is 19.6 Å². The lowest BCUT2D eigenvalue weighted by Gasteiger charge is -2.09. The second-order valence-corrected chi connectivity index (χ2v) is 6.87. The number of hydrogen-bond acceptors (Lipinski definition) is 10. The lowest BCUT2D eigenvalue weighted by Crippen LogP contribution is -2.22. The van der Waals surface area contributed by atoms with E-state index in [0.717, 1.165) is 15.5 Å². The van der Waals surface area contributed by atoms with Gasteiger partial charge in [0.25, 0.3) is 17.5 Å². The summed E-state index contributed by atoms with van der Waals surface area (Å²) < 4.78 is 16.8. The van der Waals surface area contributed by atoms with Crippen LogP contribution < -0.4 is 5.76 Å². The molecule has 1 unspecified atom stereocenters. The molecular formula is C17H12N4O7S. The van der Waals surface area contributed by atoms with E-state index in [2.05, 4.69) is 10.2 Å². The second kappa shape index (κ2) is 7.31. The molecule has 0 amide bonds. The normalized spacial score (nSPS) is 12.2. The minimum atomic E-state index is -0.835. The molecule has 11 nitrogen and oxygen atoms in total. The fourth-order valence-electron chi connectivity index (χ4n) is 2.63. The van der Waals surface area contributed by atoms with Gasteiger partial charge >= 0.3 is 11.7 Å². The molecule has 0 aliphatic heterocycles. The molecule has 0 aliphatic rings. The zero-order valence-corrected chi connectivity index (χ0v) is 15.6. The van der Waals surface area contributed by atoms with Crippen LogP contribution in [0, 0.1) is 10.1 Å². The molecule has 0 N–H and O–H groups in total. The van der Waals surface area contributed by atoms with Crippen LogP contribution in [-0.2, 0) is 16.1 Å². The minimum absolute atomic E-state index is 0.00235. The largest absolute Gasteiger partial charge is 0.451 e. The van der Waals surface area contributed by atoms with Gasteiger partial charge in [0.2, 0.25) is 0 Å². The number of aromatic nitrogens is 3. The lowest BCUT2D eigenvalue weighted by molar-refractivity contribution is -0.384. The van der Waals surface area contributed by atoms with Crippen LogP contribution in [0.5, 0.6) is 0 Å². The summed E-state index contributed by atoms with van der Waals surface area (Å²) in [6, 6.07) is 7.33. The molecule has 4 aromatic rings. The van der Waals surface area contributed by atoms with E-state index in [1.807, 2.05) is 17.5 Å². The zero-order valence-electron chi connectivity index (χ0n) is 14.8. The summed E-state index contributed by atoms with van der Waals surface area (Å²) in [5.74, 6) is -1.14. The van der Waals surface area contributed by atoms with Crippen molar-refractivity contribution in [3.05, 3.63) is 62.3 Å². The smallest absolute Gasteiger partial charge is 0.420 e. The average Bonchev–Trinajstić information content (AvgIpc) is 3.41. The Balaban J connectivity index is 1.49. The van der Waals surface area contributed by atoms with Gasteiger partial charge in [-0.3, -0.25) is 19.5 Å². The van der Waals surface area contributed by atoms with Gasteiger partial charge < -0.3 is 13.6 Å². The van der Waals surface area contributed by atoms with Crippen molar-refractivity contribution in [2.75, 3.05) is 0 Å². The third-order valence-corrected chi connectivity index (χ3v) is 4.84. The Morgan fingerprint density at radius 3 is 2.90 bits per heavy atom. The highest BCUT2D eigenvalue weighted by Gasteiger charge is 2.22. The topological polar surface area (TPSA) is 144 Å². The lowest BCUT2D eigenvalue weighted by atomic mass is 10.3. The van der Waals surface area contributed by atoms with Gasteiger partial charge in [0.1, 0.15) is 6.54 Å². The van der Waals surface area contributed by atoms with E-state index >= 15 is 0 Å². The number of carbonyl (C=O) groups excluding carboxylic acids is 1. The molecule has 0 radical (unpaired) electrons. The average molecular weight is 416 g/mol. The van der Waals surface area contributed by atoms with Crippen molar-refractivity contribution in [1.29, 1.82) is 0 Å². The van der Waals surface area contributed by atoms with E-state index in [-0.39, 0.29) is 22.7 Å². The van der Waals surface area contributed by atoms with Gasteiger partial charge in [-0.05, 0) is 24.4 Å². The Morgan fingerprint density at radius 1 is 1.34 bits per heavy atom. The molecule has 0 aliphatic carbocycles. The quantitative estimate of drug-likeness (QED) is 0.263. The maximum absolute atomic E-state index is 12.3. The van der Waals surface area contributed by atoms with Crippen LogP contribution in [0.2, 0.25) is 0 Å². The summed E-state index contributed by atoms with van der Waals surface area (Å²) >= 11 is 1.43. The fourth-order valence-corrected chi connectivity index (χ4v) is 3.28. The van der Waals surface area contributed by atoms with Crippen molar-refractivity contribution in [2.24, 2.45) is 0 Å². The number of rotatable bonds is 6. The van der Waals surface area contributed by atoms with E-state index < -0.39 is 29.3 Å². The molecule has 0 saturated heterocycles. The molecule has 3 aromatic heterocycles. The van der Waals surface area contributed by atoms with Crippen LogP contribution in [0.3, 0.4) is 0 Å². The minimum Gasteiger partial charge on any atom is -0.451 e. The Labute approximate surface area is 165 Å². The number of oxazole rings is 1. The third kappa shape index (κ3) is 3.65. The van der Waals surface area contributed by atoms with E-state index in [1.165, 1.54) is 23.5 Å². The van der Waals surface area contributed by atoms with Crippen LogP contribution in [0.25, 0.3) is 21.9 Å². The van der Waals surface area contributed by atoms with Gasteiger partial charge in [-0.15, -0.1) is 21.5 Å². The summed E-state index contributed by atoms with van der Waals surface area (Å²) in [4.78, 5) is 35.3.